The number of rotatable bonds is 7. The summed E-state index contributed by atoms with van der Waals surface area (Å²) < 4.78 is 44.7. The lowest BCUT2D eigenvalue weighted by Gasteiger charge is -2.56. The Morgan fingerprint density at radius 1 is 1.12 bits per heavy atom. The van der Waals surface area contributed by atoms with E-state index in [1.54, 1.807) is 19.4 Å². The molecule has 0 aliphatic carbocycles. The van der Waals surface area contributed by atoms with Crippen molar-refractivity contribution in [2.45, 2.75) is 36.8 Å². The lowest BCUT2D eigenvalue weighted by atomic mass is 9.87. The van der Waals surface area contributed by atoms with Crippen LogP contribution in [-0.2, 0) is 6.54 Å². The third-order valence-electron chi connectivity index (χ3n) is 8.31. The summed E-state index contributed by atoms with van der Waals surface area (Å²) >= 11 is 0. The van der Waals surface area contributed by atoms with Crippen molar-refractivity contribution in [3.8, 4) is 23.1 Å². The van der Waals surface area contributed by atoms with Crippen LogP contribution >= 0.6 is 0 Å². The molecular weight excluding hydrogens is 549 g/mol. The van der Waals surface area contributed by atoms with Gasteiger partial charge in [0, 0.05) is 67.5 Å². The number of anilines is 2. The smallest absolute Gasteiger partial charge is 0.420 e. The molecule has 3 aromatic heterocycles. The lowest BCUT2D eigenvalue weighted by Crippen LogP contribution is -2.69. The lowest BCUT2D eigenvalue weighted by molar-refractivity contribution is -0.267. The highest BCUT2D eigenvalue weighted by atomic mass is 19.4. The van der Waals surface area contributed by atoms with Gasteiger partial charge < -0.3 is 25.4 Å². The van der Waals surface area contributed by atoms with Crippen LogP contribution in [0, 0.1) is 11.3 Å². The Bertz CT molecular complexity index is 1520. The maximum atomic E-state index is 13.2. The molecule has 4 aliphatic rings. The van der Waals surface area contributed by atoms with Gasteiger partial charge >= 0.3 is 6.18 Å². The first-order valence-corrected chi connectivity index (χ1v) is 13.4. The van der Waals surface area contributed by atoms with Gasteiger partial charge in [-0.05, 0) is 30.2 Å². The van der Waals surface area contributed by atoms with Crippen LogP contribution in [0.5, 0.6) is 5.88 Å². The molecule has 0 amide bonds. The minimum Gasteiger partial charge on any atom is -0.481 e. The van der Waals surface area contributed by atoms with E-state index in [9.17, 15) is 23.5 Å². The number of piperazine rings is 1. The number of methoxy groups -OCH3 is 1. The second-order valence-corrected chi connectivity index (χ2v) is 10.9. The number of nitriles is 1. The molecule has 2 atom stereocenters. The number of alkyl halides is 3. The monoisotopic (exact) mass is 578 g/mol. The number of hydrogen-bond donors (Lipinski definition) is 2. The highest BCUT2D eigenvalue weighted by Gasteiger charge is 2.61. The minimum atomic E-state index is -4.73. The number of fused-ring (bicyclic) bond motifs is 2. The van der Waals surface area contributed by atoms with Gasteiger partial charge in [0.1, 0.15) is 11.9 Å². The van der Waals surface area contributed by atoms with E-state index in [0.717, 1.165) is 43.6 Å². The van der Waals surface area contributed by atoms with Gasteiger partial charge in [0.15, 0.2) is 5.60 Å². The normalized spacial score (nSPS) is 21.8. The maximum absolute atomic E-state index is 13.2. The van der Waals surface area contributed by atoms with Gasteiger partial charge in [-0.15, -0.1) is 0 Å². The number of aromatic nitrogens is 3. The third-order valence-corrected chi connectivity index (χ3v) is 8.31. The summed E-state index contributed by atoms with van der Waals surface area (Å²) in [5.41, 5.74) is 6.00. The summed E-state index contributed by atoms with van der Waals surface area (Å²) in [6.07, 6.45) is 2.45. The summed E-state index contributed by atoms with van der Waals surface area (Å²) in [6, 6.07) is 12.1. The molecule has 0 saturated carbocycles. The van der Waals surface area contributed by atoms with Crippen LogP contribution in [0.15, 0.2) is 55.1 Å². The molecule has 0 aromatic carbocycles. The van der Waals surface area contributed by atoms with Gasteiger partial charge in [-0.1, -0.05) is 6.07 Å². The van der Waals surface area contributed by atoms with Crippen molar-refractivity contribution < 1.29 is 23.0 Å². The number of aliphatic hydroxyl groups is 1. The van der Waals surface area contributed by atoms with E-state index in [2.05, 4.69) is 19.8 Å². The summed E-state index contributed by atoms with van der Waals surface area (Å²) in [6.45, 7) is 1.29. The molecular formula is C29H29F3N8O2. The van der Waals surface area contributed by atoms with E-state index in [0.29, 0.717) is 40.5 Å². The molecule has 42 heavy (non-hydrogen) atoms. The first-order valence-electron chi connectivity index (χ1n) is 13.4. The van der Waals surface area contributed by atoms with E-state index >= 15 is 0 Å². The van der Waals surface area contributed by atoms with Crippen LogP contribution in [0.4, 0.5) is 24.7 Å². The van der Waals surface area contributed by atoms with Crippen molar-refractivity contribution >= 4 is 17.1 Å². The van der Waals surface area contributed by atoms with E-state index in [1.165, 1.54) is 11.1 Å². The highest BCUT2D eigenvalue weighted by Crippen LogP contribution is 2.41. The van der Waals surface area contributed by atoms with Crippen molar-refractivity contribution in [3.05, 3.63) is 66.4 Å². The number of nitrogens with zero attached hydrogens (tertiary/aromatic N) is 7. The molecule has 7 rings (SSSR count). The Balaban J connectivity index is 1.18. The number of ether oxygens (including phenoxy) is 1. The van der Waals surface area contributed by atoms with Crippen molar-refractivity contribution in [2.75, 3.05) is 43.1 Å². The third kappa shape index (κ3) is 4.86. The SMILES string of the molecule is COc1ccc(CN2C3CC2CN(c2ccc(-c4cc(N5CC(O)(C(F)(F)F)C5)cnc4C(C#N)=CN)cn2)C3)cn1. The Morgan fingerprint density at radius 3 is 2.45 bits per heavy atom. The van der Waals surface area contributed by atoms with Crippen LogP contribution in [0.2, 0.25) is 0 Å². The molecule has 7 heterocycles. The molecule has 4 aliphatic heterocycles. The second kappa shape index (κ2) is 10.5. The number of nitrogens with two attached hydrogens (primary N) is 1. The predicted molar refractivity (Wildman–Crippen MR) is 149 cm³/mol. The zero-order chi connectivity index (χ0) is 29.6. The Hall–Kier alpha value is -4.41. The molecule has 10 nitrogen and oxygen atoms in total. The highest BCUT2D eigenvalue weighted by molar-refractivity contribution is 5.86. The first-order chi connectivity index (χ1) is 20.1. The zero-order valence-corrected chi connectivity index (χ0v) is 22.8. The van der Waals surface area contributed by atoms with Crippen LogP contribution in [0.1, 0.15) is 17.7 Å². The molecule has 2 unspecified atom stereocenters. The van der Waals surface area contributed by atoms with E-state index in [4.69, 9.17) is 15.5 Å². The second-order valence-electron chi connectivity index (χ2n) is 10.9. The largest absolute Gasteiger partial charge is 0.481 e. The van der Waals surface area contributed by atoms with Gasteiger partial charge in [0.25, 0.3) is 0 Å². The fraction of sp³-hybridized carbons (Fsp3) is 0.379. The Kier molecular flexibility index (Phi) is 6.90. The summed E-state index contributed by atoms with van der Waals surface area (Å²) in [7, 11) is 1.60. The summed E-state index contributed by atoms with van der Waals surface area (Å²) in [5.74, 6) is 1.41. The van der Waals surface area contributed by atoms with Crippen LogP contribution in [-0.4, -0.2) is 82.1 Å². The fourth-order valence-electron chi connectivity index (χ4n) is 5.88. The van der Waals surface area contributed by atoms with E-state index < -0.39 is 24.9 Å². The topological polar surface area (TPSA) is 128 Å². The van der Waals surface area contributed by atoms with Crippen LogP contribution in [0.25, 0.3) is 16.7 Å². The number of piperidine rings is 1. The Labute approximate surface area is 240 Å². The van der Waals surface area contributed by atoms with E-state index in [-0.39, 0.29) is 5.57 Å². The van der Waals surface area contributed by atoms with Gasteiger partial charge in [-0.2, -0.15) is 18.4 Å². The Morgan fingerprint density at radius 2 is 1.88 bits per heavy atom. The van der Waals surface area contributed by atoms with Gasteiger partial charge in [0.05, 0.1) is 43.4 Å². The van der Waals surface area contributed by atoms with Gasteiger partial charge in [0.2, 0.25) is 5.88 Å². The summed E-state index contributed by atoms with van der Waals surface area (Å²) in [5, 5.41) is 19.5. The number of hydrogen-bond acceptors (Lipinski definition) is 10. The van der Waals surface area contributed by atoms with Crippen molar-refractivity contribution in [2.24, 2.45) is 5.73 Å². The average Bonchev–Trinajstić information content (AvgIpc) is 2.99. The quantitative estimate of drug-likeness (QED) is 0.404. The molecule has 0 spiro atoms. The van der Waals surface area contributed by atoms with Crippen molar-refractivity contribution in [1.82, 2.24) is 19.9 Å². The molecule has 0 radical (unpaired) electrons. The number of halogens is 3. The molecule has 3 aromatic rings. The molecule has 13 heteroatoms. The number of allylic oxidation sites excluding steroid dienone is 1. The molecule has 3 N–H and O–H groups in total. The van der Waals surface area contributed by atoms with Crippen LogP contribution in [0.3, 0.4) is 0 Å². The first kappa shape index (κ1) is 27.7. The average molecular weight is 579 g/mol. The standard InChI is InChI=1S/C29H29F3N8O2/c1-42-26-5-2-18(10-36-26)13-40-22-6-23(40)15-38(14-22)25-4-3-19(11-35-25)24-7-21(12-37-27(24)20(8-33)9-34)39-16-28(41,17-39)29(30,31)32/h2-5,7-8,10-12,22-23,41H,6,13-17,33H2,1H3. The van der Waals surface area contributed by atoms with Crippen molar-refractivity contribution in [1.29, 1.82) is 5.26 Å². The fourth-order valence-corrected chi connectivity index (χ4v) is 5.88. The van der Waals surface area contributed by atoms with E-state index in [1.807, 2.05) is 36.5 Å². The maximum Gasteiger partial charge on any atom is 0.420 e. The van der Waals surface area contributed by atoms with Gasteiger partial charge in [-0.3, -0.25) is 9.88 Å². The molecule has 4 fully saturated rings. The zero-order valence-electron chi connectivity index (χ0n) is 22.8. The summed E-state index contributed by atoms with van der Waals surface area (Å²) in [4.78, 5) is 19.5. The van der Waals surface area contributed by atoms with Crippen molar-refractivity contribution in [3.63, 3.8) is 0 Å². The number of β-amino-alcohol motifs (C(OH)–C–C–N with tert-alkyl or cyclic N) is 1. The minimum absolute atomic E-state index is 0.124. The van der Waals surface area contributed by atoms with Crippen LogP contribution < -0.4 is 20.3 Å². The van der Waals surface area contributed by atoms with Gasteiger partial charge in [-0.25, -0.2) is 9.97 Å². The predicted octanol–water partition coefficient (Wildman–Crippen LogP) is 2.95. The number of pyridine rings is 3. The molecule has 2 bridgehead atoms. The molecule has 218 valence electrons. The molecule has 4 saturated heterocycles.